The summed E-state index contributed by atoms with van der Waals surface area (Å²) in [5.41, 5.74) is 3.61. The summed E-state index contributed by atoms with van der Waals surface area (Å²) in [6, 6.07) is 27.7. The van der Waals surface area contributed by atoms with Crippen LogP contribution in [0.5, 0.6) is 0 Å². The zero-order valence-electron chi connectivity index (χ0n) is 13.7. The summed E-state index contributed by atoms with van der Waals surface area (Å²) in [5, 5.41) is 10.1. The Kier molecular flexibility index (Phi) is 4.95. The number of nitrogens with zero attached hydrogens (tertiary/aromatic N) is 3. The molecule has 126 valence electrons. The van der Waals surface area contributed by atoms with Crippen molar-refractivity contribution in [3.8, 4) is 22.5 Å². The number of aromatic nitrogens is 3. The molecule has 4 rings (SSSR count). The van der Waals surface area contributed by atoms with Crippen molar-refractivity contribution in [1.82, 2.24) is 15.2 Å². The van der Waals surface area contributed by atoms with Crippen LogP contribution in [-0.4, -0.2) is 15.2 Å². The summed E-state index contributed by atoms with van der Waals surface area (Å²) in [6.45, 7) is 0. The lowest BCUT2D eigenvalue weighted by molar-refractivity contribution is 0.850. The second kappa shape index (κ2) is 7.68. The van der Waals surface area contributed by atoms with E-state index in [-0.39, 0.29) is 0 Å². The molecular formula is C21H14ClN3S. The molecule has 0 aliphatic carbocycles. The van der Waals surface area contributed by atoms with Crippen LogP contribution in [0.1, 0.15) is 0 Å². The average Bonchev–Trinajstić information content (AvgIpc) is 2.71. The minimum atomic E-state index is 0.603. The Morgan fingerprint density at radius 1 is 0.615 bits per heavy atom. The van der Waals surface area contributed by atoms with Gasteiger partial charge in [-0.05, 0) is 36.0 Å². The van der Waals surface area contributed by atoms with E-state index < -0.39 is 0 Å². The van der Waals surface area contributed by atoms with Gasteiger partial charge in [-0.25, -0.2) is 4.98 Å². The summed E-state index contributed by atoms with van der Waals surface area (Å²) in [4.78, 5) is 5.81. The minimum absolute atomic E-state index is 0.603. The molecule has 5 heteroatoms. The average molecular weight is 376 g/mol. The van der Waals surface area contributed by atoms with Gasteiger partial charge in [0.15, 0.2) is 0 Å². The van der Waals surface area contributed by atoms with Crippen LogP contribution in [0.25, 0.3) is 22.5 Å². The van der Waals surface area contributed by atoms with Gasteiger partial charge in [-0.15, -0.1) is 10.2 Å². The SMILES string of the molecule is Clc1ccc(Sc2nnc(-c3ccccc3)c(-c3ccccc3)n2)cc1. The minimum Gasteiger partial charge on any atom is -0.218 e. The molecular weight excluding hydrogens is 362 g/mol. The highest BCUT2D eigenvalue weighted by Gasteiger charge is 2.14. The Labute approximate surface area is 161 Å². The topological polar surface area (TPSA) is 38.7 Å². The van der Waals surface area contributed by atoms with E-state index in [1.165, 1.54) is 11.8 Å². The third kappa shape index (κ3) is 3.77. The summed E-state index contributed by atoms with van der Waals surface area (Å²) in [6.07, 6.45) is 0. The fourth-order valence-corrected chi connectivity index (χ4v) is 3.38. The highest BCUT2D eigenvalue weighted by molar-refractivity contribution is 7.99. The molecule has 0 spiro atoms. The normalized spacial score (nSPS) is 10.7. The van der Waals surface area contributed by atoms with Crippen molar-refractivity contribution in [3.05, 3.63) is 90.0 Å². The maximum atomic E-state index is 5.96. The van der Waals surface area contributed by atoms with Gasteiger partial charge in [-0.1, -0.05) is 72.3 Å². The number of hydrogen-bond acceptors (Lipinski definition) is 4. The lowest BCUT2D eigenvalue weighted by atomic mass is 10.0. The standard InChI is InChI=1S/C21H14ClN3S/c22-17-11-13-18(14-12-17)26-21-23-19(15-7-3-1-4-8-15)20(24-25-21)16-9-5-2-6-10-16/h1-14H. The third-order valence-electron chi connectivity index (χ3n) is 3.78. The monoisotopic (exact) mass is 375 g/mol. The summed E-state index contributed by atoms with van der Waals surface area (Å²) in [7, 11) is 0. The van der Waals surface area contributed by atoms with Crippen molar-refractivity contribution < 1.29 is 0 Å². The van der Waals surface area contributed by atoms with Crippen LogP contribution in [0.4, 0.5) is 0 Å². The molecule has 0 amide bonds. The van der Waals surface area contributed by atoms with Crippen LogP contribution in [-0.2, 0) is 0 Å². The quantitative estimate of drug-likeness (QED) is 0.437. The van der Waals surface area contributed by atoms with Gasteiger partial charge in [0.1, 0.15) is 11.4 Å². The molecule has 0 unspecified atom stereocenters. The van der Waals surface area contributed by atoms with Crippen molar-refractivity contribution in [3.63, 3.8) is 0 Å². The van der Waals surface area contributed by atoms with Gasteiger partial charge in [-0.3, -0.25) is 0 Å². The second-order valence-corrected chi connectivity index (χ2v) is 7.06. The van der Waals surface area contributed by atoms with Crippen molar-refractivity contribution in [1.29, 1.82) is 0 Å². The highest BCUT2D eigenvalue weighted by atomic mass is 35.5. The van der Waals surface area contributed by atoms with E-state index in [0.29, 0.717) is 10.2 Å². The Morgan fingerprint density at radius 3 is 1.81 bits per heavy atom. The lowest BCUT2D eigenvalue weighted by Crippen LogP contribution is -1.99. The smallest absolute Gasteiger partial charge is 0.214 e. The lowest BCUT2D eigenvalue weighted by Gasteiger charge is -2.09. The predicted molar refractivity (Wildman–Crippen MR) is 106 cm³/mol. The van der Waals surface area contributed by atoms with Gasteiger partial charge in [0.2, 0.25) is 5.16 Å². The Balaban J connectivity index is 1.78. The Hall–Kier alpha value is -2.69. The molecule has 0 fully saturated rings. The van der Waals surface area contributed by atoms with Gasteiger partial charge in [0, 0.05) is 21.0 Å². The number of benzene rings is 3. The largest absolute Gasteiger partial charge is 0.218 e. The van der Waals surface area contributed by atoms with Crippen LogP contribution in [0, 0.1) is 0 Å². The van der Waals surface area contributed by atoms with Gasteiger partial charge in [0.05, 0.1) is 0 Å². The fraction of sp³-hybridized carbons (Fsp3) is 0. The highest BCUT2D eigenvalue weighted by Crippen LogP contribution is 2.32. The van der Waals surface area contributed by atoms with Gasteiger partial charge < -0.3 is 0 Å². The van der Waals surface area contributed by atoms with Crippen molar-refractivity contribution in [2.24, 2.45) is 0 Å². The molecule has 0 saturated carbocycles. The molecule has 0 N–H and O–H groups in total. The molecule has 4 aromatic rings. The van der Waals surface area contributed by atoms with Crippen molar-refractivity contribution >= 4 is 23.4 Å². The zero-order chi connectivity index (χ0) is 17.8. The first-order valence-electron chi connectivity index (χ1n) is 8.08. The number of halogens is 1. The maximum Gasteiger partial charge on any atom is 0.214 e. The predicted octanol–water partition coefficient (Wildman–Crippen LogP) is 6.01. The van der Waals surface area contributed by atoms with Crippen LogP contribution in [0.2, 0.25) is 5.02 Å². The molecule has 0 aliphatic heterocycles. The van der Waals surface area contributed by atoms with Gasteiger partial charge in [-0.2, -0.15) is 0 Å². The zero-order valence-corrected chi connectivity index (χ0v) is 15.3. The van der Waals surface area contributed by atoms with Gasteiger partial charge in [0.25, 0.3) is 0 Å². The first-order valence-corrected chi connectivity index (χ1v) is 9.28. The summed E-state index contributed by atoms with van der Waals surface area (Å²) in [5.74, 6) is 0. The first kappa shape index (κ1) is 16.8. The van der Waals surface area contributed by atoms with E-state index in [2.05, 4.69) is 10.2 Å². The molecule has 0 atom stereocenters. The van der Waals surface area contributed by atoms with E-state index in [1.54, 1.807) is 0 Å². The maximum absolute atomic E-state index is 5.96. The number of hydrogen-bond donors (Lipinski definition) is 0. The number of rotatable bonds is 4. The second-order valence-electron chi connectivity index (χ2n) is 5.58. The first-order chi connectivity index (χ1) is 12.8. The molecule has 0 bridgehead atoms. The fourth-order valence-electron chi connectivity index (χ4n) is 2.55. The third-order valence-corrected chi connectivity index (χ3v) is 4.90. The molecule has 0 saturated heterocycles. The molecule has 0 aliphatic rings. The molecule has 1 heterocycles. The molecule has 1 aromatic heterocycles. The van der Waals surface area contributed by atoms with Crippen LogP contribution in [0.15, 0.2) is 95.0 Å². The summed E-state index contributed by atoms with van der Waals surface area (Å²) >= 11 is 7.42. The van der Waals surface area contributed by atoms with E-state index >= 15 is 0 Å². The van der Waals surface area contributed by atoms with Crippen LogP contribution < -0.4 is 0 Å². The van der Waals surface area contributed by atoms with Crippen molar-refractivity contribution in [2.75, 3.05) is 0 Å². The molecule has 3 aromatic carbocycles. The van der Waals surface area contributed by atoms with Crippen molar-refractivity contribution in [2.45, 2.75) is 10.1 Å². The Bertz CT molecular complexity index is 1010. The summed E-state index contributed by atoms with van der Waals surface area (Å²) < 4.78 is 0. The van der Waals surface area contributed by atoms with E-state index in [4.69, 9.17) is 16.6 Å². The molecule has 0 radical (unpaired) electrons. The van der Waals surface area contributed by atoms with E-state index in [0.717, 1.165) is 27.4 Å². The van der Waals surface area contributed by atoms with E-state index in [1.807, 2.05) is 84.9 Å². The van der Waals surface area contributed by atoms with Crippen LogP contribution in [0.3, 0.4) is 0 Å². The van der Waals surface area contributed by atoms with Crippen LogP contribution >= 0.6 is 23.4 Å². The van der Waals surface area contributed by atoms with Gasteiger partial charge >= 0.3 is 0 Å². The van der Waals surface area contributed by atoms with E-state index in [9.17, 15) is 0 Å². The molecule has 26 heavy (non-hydrogen) atoms. The molecule has 3 nitrogen and oxygen atoms in total. The Morgan fingerprint density at radius 2 is 1.19 bits per heavy atom.